The molecule has 0 radical (unpaired) electrons. The number of nitriles is 1. The molecule has 2 heteroatoms. The van der Waals surface area contributed by atoms with E-state index in [2.05, 4.69) is 16.9 Å². The van der Waals surface area contributed by atoms with Crippen LogP contribution in [0.2, 0.25) is 0 Å². The molecule has 1 unspecified atom stereocenters. The van der Waals surface area contributed by atoms with Gasteiger partial charge in [0.25, 0.3) is 0 Å². The Morgan fingerprint density at radius 2 is 1.42 bits per heavy atom. The summed E-state index contributed by atoms with van der Waals surface area (Å²) >= 11 is 0. The Balaban J connectivity index is 2.10. The van der Waals surface area contributed by atoms with E-state index in [9.17, 15) is 5.26 Å². The fourth-order valence-electron chi connectivity index (χ4n) is 3.89. The van der Waals surface area contributed by atoms with Crippen LogP contribution in [0.15, 0.2) is 0 Å². The molecule has 2 rings (SSSR count). The van der Waals surface area contributed by atoms with E-state index in [0.29, 0.717) is 18.5 Å². The molecular weight excluding hydrogens is 232 g/mol. The highest BCUT2D eigenvalue weighted by molar-refractivity contribution is 5.04. The van der Waals surface area contributed by atoms with Gasteiger partial charge >= 0.3 is 0 Å². The molecule has 0 aromatic heterocycles. The Kier molecular flexibility index (Phi) is 5.74. The number of nitrogens with zero attached hydrogens (tertiary/aromatic N) is 2. The Bertz CT molecular complexity index is 319. The van der Waals surface area contributed by atoms with Crippen LogP contribution in [-0.4, -0.2) is 23.0 Å². The van der Waals surface area contributed by atoms with Crippen molar-refractivity contribution in [1.82, 2.24) is 4.90 Å². The number of hydrogen-bond donors (Lipinski definition) is 0. The third-order valence-corrected chi connectivity index (χ3v) is 4.81. The van der Waals surface area contributed by atoms with Gasteiger partial charge in [-0.15, -0.1) is 12.3 Å². The largest absolute Gasteiger partial charge is 0.281 e. The molecule has 0 N–H and O–H groups in total. The number of rotatable bonds is 4. The van der Waals surface area contributed by atoms with Gasteiger partial charge < -0.3 is 0 Å². The standard InChI is InChI=1S/C17H26N2/c1-2-9-17(14-18)19(15-10-5-3-6-11-15)16-12-7-4-8-13-16/h1,15-17H,3-13H2. The normalized spacial score (nSPS) is 23.7. The van der Waals surface area contributed by atoms with Gasteiger partial charge in [-0.1, -0.05) is 38.5 Å². The van der Waals surface area contributed by atoms with E-state index in [1.807, 2.05) is 0 Å². The number of terminal acetylenes is 1. The molecule has 0 aromatic rings. The quantitative estimate of drug-likeness (QED) is 0.716. The molecule has 19 heavy (non-hydrogen) atoms. The van der Waals surface area contributed by atoms with Gasteiger partial charge in [0, 0.05) is 18.5 Å². The van der Waals surface area contributed by atoms with Gasteiger partial charge in [-0.2, -0.15) is 5.26 Å². The minimum absolute atomic E-state index is 0.0591. The molecule has 1 atom stereocenters. The van der Waals surface area contributed by atoms with Crippen molar-refractivity contribution in [3.63, 3.8) is 0 Å². The van der Waals surface area contributed by atoms with Gasteiger partial charge in [-0.25, -0.2) is 0 Å². The van der Waals surface area contributed by atoms with Crippen molar-refractivity contribution in [3.05, 3.63) is 0 Å². The zero-order valence-electron chi connectivity index (χ0n) is 12.0. The first-order chi connectivity index (χ1) is 9.36. The lowest BCUT2D eigenvalue weighted by Crippen LogP contribution is -2.50. The van der Waals surface area contributed by atoms with E-state index < -0.39 is 0 Å². The second kappa shape index (κ2) is 7.56. The minimum atomic E-state index is -0.0591. The topological polar surface area (TPSA) is 27.0 Å². The van der Waals surface area contributed by atoms with E-state index in [4.69, 9.17) is 6.42 Å². The molecule has 0 spiro atoms. The van der Waals surface area contributed by atoms with E-state index in [0.717, 1.165) is 0 Å². The van der Waals surface area contributed by atoms with Crippen LogP contribution in [0.4, 0.5) is 0 Å². The van der Waals surface area contributed by atoms with Gasteiger partial charge in [-0.05, 0) is 25.7 Å². The predicted molar refractivity (Wildman–Crippen MR) is 78.4 cm³/mol. The highest BCUT2D eigenvalue weighted by atomic mass is 15.2. The van der Waals surface area contributed by atoms with Crippen molar-refractivity contribution in [2.24, 2.45) is 0 Å². The lowest BCUT2D eigenvalue weighted by molar-refractivity contribution is 0.0592. The molecule has 0 saturated heterocycles. The average Bonchev–Trinajstić information content (AvgIpc) is 2.49. The second-order valence-electron chi connectivity index (χ2n) is 6.08. The van der Waals surface area contributed by atoms with Crippen LogP contribution in [0.5, 0.6) is 0 Å². The third kappa shape index (κ3) is 3.74. The fraction of sp³-hybridized carbons (Fsp3) is 0.824. The maximum Gasteiger partial charge on any atom is 0.109 e. The summed E-state index contributed by atoms with van der Waals surface area (Å²) in [7, 11) is 0. The summed E-state index contributed by atoms with van der Waals surface area (Å²) < 4.78 is 0. The summed E-state index contributed by atoms with van der Waals surface area (Å²) in [5, 5.41) is 9.50. The molecule has 0 heterocycles. The summed E-state index contributed by atoms with van der Waals surface area (Å²) in [5.74, 6) is 2.71. The second-order valence-corrected chi connectivity index (χ2v) is 6.08. The van der Waals surface area contributed by atoms with Crippen LogP contribution in [-0.2, 0) is 0 Å². The fourth-order valence-corrected chi connectivity index (χ4v) is 3.89. The van der Waals surface area contributed by atoms with Crippen LogP contribution in [0, 0.1) is 23.7 Å². The average molecular weight is 258 g/mol. The lowest BCUT2D eigenvalue weighted by atomic mass is 9.87. The SMILES string of the molecule is C#CCC(C#N)N(C1CCCCC1)C1CCCCC1. The van der Waals surface area contributed by atoms with Gasteiger partial charge in [-0.3, -0.25) is 4.90 Å². The zero-order valence-corrected chi connectivity index (χ0v) is 12.0. The summed E-state index contributed by atoms with van der Waals surface area (Å²) in [6.45, 7) is 0. The monoisotopic (exact) mass is 258 g/mol. The Morgan fingerprint density at radius 1 is 0.947 bits per heavy atom. The van der Waals surface area contributed by atoms with Gasteiger partial charge in [0.2, 0.25) is 0 Å². The summed E-state index contributed by atoms with van der Waals surface area (Å²) in [6.07, 6.45) is 19.1. The van der Waals surface area contributed by atoms with Crippen molar-refractivity contribution in [1.29, 1.82) is 5.26 Å². The highest BCUT2D eigenvalue weighted by Crippen LogP contribution is 2.32. The van der Waals surface area contributed by atoms with Crippen molar-refractivity contribution < 1.29 is 0 Å². The van der Waals surface area contributed by atoms with E-state index in [-0.39, 0.29) is 6.04 Å². The first-order valence-corrected chi connectivity index (χ1v) is 7.97. The third-order valence-electron chi connectivity index (χ3n) is 4.81. The molecular formula is C17H26N2. The van der Waals surface area contributed by atoms with E-state index >= 15 is 0 Å². The molecule has 0 amide bonds. The van der Waals surface area contributed by atoms with Crippen LogP contribution in [0.25, 0.3) is 0 Å². The Morgan fingerprint density at radius 3 is 1.79 bits per heavy atom. The predicted octanol–water partition coefficient (Wildman–Crippen LogP) is 3.87. The summed E-state index contributed by atoms with van der Waals surface area (Å²) in [6, 6.07) is 3.63. The first-order valence-electron chi connectivity index (χ1n) is 7.97. The highest BCUT2D eigenvalue weighted by Gasteiger charge is 2.33. The van der Waals surface area contributed by atoms with Crippen molar-refractivity contribution >= 4 is 0 Å². The van der Waals surface area contributed by atoms with Crippen LogP contribution in [0.1, 0.15) is 70.6 Å². The first kappa shape index (κ1) is 14.4. The van der Waals surface area contributed by atoms with E-state index in [1.165, 1.54) is 64.2 Å². The summed E-state index contributed by atoms with van der Waals surface area (Å²) in [4.78, 5) is 2.53. The molecule has 2 aliphatic rings. The lowest BCUT2D eigenvalue weighted by Gasteiger charge is -2.43. The van der Waals surface area contributed by atoms with Crippen molar-refractivity contribution in [3.8, 4) is 18.4 Å². The summed E-state index contributed by atoms with van der Waals surface area (Å²) in [5.41, 5.74) is 0. The maximum atomic E-state index is 9.50. The van der Waals surface area contributed by atoms with E-state index in [1.54, 1.807) is 0 Å². The molecule has 0 bridgehead atoms. The van der Waals surface area contributed by atoms with Gasteiger partial charge in [0.15, 0.2) is 0 Å². The molecule has 104 valence electrons. The molecule has 0 aromatic carbocycles. The Labute approximate surface area is 118 Å². The van der Waals surface area contributed by atoms with Gasteiger partial charge in [0.1, 0.15) is 6.04 Å². The van der Waals surface area contributed by atoms with Crippen LogP contribution in [0.3, 0.4) is 0 Å². The molecule has 2 nitrogen and oxygen atoms in total. The van der Waals surface area contributed by atoms with Gasteiger partial charge in [0.05, 0.1) is 6.07 Å². The zero-order chi connectivity index (χ0) is 13.5. The molecule has 2 fully saturated rings. The Hall–Kier alpha value is -0.990. The molecule has 0 aliphatic heterocycles. The van der Waals surface area contributed by atoms with Crippen molar-refractivity contribution in [2.75, 3.05) is 0 Å². The molecule has 2 aliphatic carbocycles. The van der Waals surface area contributed by atoms with Crippen LogP contribution < -0.4 is 0 Å². The van der Waals surface area contributed by atoms with Crippen LogP contribution >= 0.6 is 0 Å². The van der Waals surface area contributed by atoms with Crippen molar-refractivity contribution in [2.45, 2.75) is 88.8 Å². The number of hydrogen-bond acceptors (Lipinski definition) is 2. The minimum Gasteiger partial charge on any atom is -0.281 e. The maximum absolute atomic E-state index is 9.50. The smallest absolute Gasteiger partial charge is 0.109 e. The molecule has 2 saturated carbocycles.